The normalized spacial score (nSPS) is 13.7. The van der Waals surface area contributed by atoms with Crippen molar-refractivity contribution in [2.45, 2.75) is 36.7 Å². The molecule has 9 heteroatoms. The average molecular weight is 434 g/mol. The van der Waals surface area contributed by atoms with Gasteiger partial charge in [-0.3, -0.25) is 18.6 Å². The molecule has 0 unspecified atom stereocenters. The van der Waals surface area contributed by atoms with Gasteiger partial charge in [0.05, 0.1) is 10.8 Å². The lowest BCUT2D eigenvalue weighted by Crippen LogP contribution is -2.53. The first-order chi connectivity index (χ1) is 14.3. The first-order valence-corrected chi connectivity index (χ1v) is 10.6. The number of carbonyl (C=O) groups is 3. The van der Waals surface area contributed by atoms with E-state index in [1.165, 1.54) is 25.1 Å². The Labute approximate surface area is 176 Å². The Morgan fingerprint density at radius 2 is 1.63 bits per heavy atom. The molecule has 2 aromatic rings. The highest BCUT2D eigenvalue weighted by Crippen LogP contribution is 2.11. The molecule has 0 bridgehead atoms. The molecule has 0 heterocycles. The highest BCUT2D eigenvalue weighted by Gasteiger charge is 2.26. The number of halogens is 1. The van der Waals surface area contributed by atoms with Gasteiger partial charge in [-0.05, 0) is 30.2 Å². The second-order valence-electron chi connectivity index (χ2n) is 6.66. The molecule has 3 atom stereocenters. The van der Waals surface area contributed by atoms with Crippen LogP contribution in [0.15, 0.2) is 59.5 Å². The Morgan fingerprint density at radius 3 is 2.23 bits per heavy atom. The summed E-state index contributed by atoms with van der Waals surface area (Å²) in [6.07, 6.45) is -0.0470. The summed E-state index contributed by atoms with van der Waals surface area (Å²) in [5.41, 5.74) is 5.63. The van der Waals surface area contributed by atoms with Gasteiger partial charge in [0.2, 0.25) is 17.7 Å². The fourth-order valence-electron chi connectivity index (χ4n) is 2.81. The first-order valence-electron chi connectivity index (χ1n) is 9.31. The van der Waals surface area contributed by atoms with E-state index in [9.17, 15) is 23.0 Å². The van der Waals surface area contributed by atoms with Crippen molar-refractivity contribution < 1.29 is 23.0 Å². The third-order valence-corrected chi connectivity index (χ3v) is 5.74. The van der Waals surface area contributed by atoms with Gasteiger partial charge >= 0.3 is 0 Å². The van der Waals surface area contributed by atoms with Gasteiger partial charge in [0, 0.05) is 24.0 Å². The van der Waals surface area contributed by atoms with Gasteiger partial charge in [0.15, 0.2) is 0 Å². The van der Waals surface area contributed by atoms with Crippen LogP contribution in [0, 0.1) is 5.82 Å². The number of carbonyl (C=O) groups excluding carboxylic acids is 3. The molecular formula is C21H24FN3O4S. The Kier molecular flexibility index (Phi) is 8.67. The van der Waals surface area contributed by atoms with E-state index in [-0.39, 0.29) is 24.2 Å². The fraction of sp³-hybridized carbons (Fsp3) is 0.286. The number of nitrogens with one attached hydrogen (secondary N) is 2. The molecule has 2 aromatic carbocycles. The first kappa shape index (κ1) is 23.2. The monoisotopic (exact) mass is 433 g/mol. The van der Waals surface area contributed by atoms with Crippen LogP contribution in [-0.2, 0) is 31.6 Å². The molecule has 0 spiro atoms. The maximum absolute atomic E-state index is 14.0. The Bertz CT molecular complexity index is 923. The van der Waals surface area contributed by atoms with E-state index in [1.807, 2.05) is 0 Å². The zero-order valence-corrected chi connectivity index (χ0v) is 17.3. The number of hydrogen-bond donors (Lipinski definition) is 3. The Morgan fingerprint density at radius 1 is 1.00 bits per heavy atom. The van der Waals surface area contributed by atoms with Crippen LogP contribution < -0.4 is 16.4 Å². The van der Waals surface area contributed by atoms with E-state index >= 15 is 0 Å². The summed E-state index contributed by atoms with van der Waals surface area (Å²) in [6.45, 7) is 1.23. The highest BCUT2D eigenvalue weighted by atomic mass is 32.2. The van der Waals surface area contributed by atoms with Crippen molar-refractivity contribution >= 4 is 28.5 Å². The molecule has 0 aromatic heterocycles. The smallest absolute Gasteiger partial charge is 0.243 e. The maximum atomic E-state index is 14.0. The summed E-state index contributed by atoms with van der Waals surface area (Å²) in [5, 5.41) is 4.94. The van der Waals surface area contributed by atoms with Crippen molar-refractivity contribution in [1.29, 1.82) is 0 Å². The van der Waals surface area contributed by atoms with Gasteiger partial charge in [-0.2, -0.15) is 0 Å². The predicted octanol–water partition coefficient (Wildman–Crippen LogP) is 1.04. The van der Waals surface area contributed by atoms with Crippen molar-refractivity contribution in [3.05, 3.63) is 66.0 Å². The molecule has 0 aliphatic heterocycles. The van der Waals surface area contributed by atoms with E-state index < -0.39 is 46.4 Å². The summed E-state index contributed by atoms with van der Waals surface area (Å²) in [7, 11) is -1.37. The lowest BCUT2D eigenvalue weighted by Gasteiger charge is -2.21. The molecule has 4 N–H and O–H groups in total. The summed E-state index contributed by atoms with van der Waals surface area (Å²) >= 11 is 0. The van der Waals surface area contributed by atoms with Crippen LogP contribution in [0.3, 0.4) is 0 Å². The third-order valence-electron chi connectivity index (χ3n) is 4.33. The molecule has 0 radical (unpaired) electrons. The quantitative estimate of drug-likeness (QED) is 0.519. The van der Waals surface area contributed by atoms with Crippen LogP contribution >= 0.6 is 0 Å². The minimum atomic E-state index is -1.37. The molecule has 160 valence electrons. The topological polar surface area (TPSA) is 118 Å². The molecule has 30 heavy (non-hydrogen) atoms. The van der Waals surface area contributed by atoms with Gasteiger partial charge in [-0.25, -0.2) is 4.39 Å². The second kappa shape index (κ2) is 11.2. The molecular weight excluding hydrogens is 409 g/mol. The fourth-order valence-corrected chi connectivity index (χ4v) is 3.96. The van der Waals surface area contributed by atoms with E-state index in [0.717, 1.165) is 0 Å². The Balaban J connectivity index is 2.06. The predicted molar refractivity (Wildman–Crippen MR) is 111 cm³/mol. The third kappa shape index (κ3) is 7.07. The molecule has 7 nitrogen and oxygen atoms in total. The van der Waals surface area contributed by atoms with Crippen molar-refractivity contribution in [2.75, 3.05) is 5.75 Å². The summed E-state index contributed by atoms with van der Waals surface area (Å²) in [6, 6.07) is 12.4. The van der Waals surface area contributed by atoms with Crippen molar-refractivity contribution in [2.24, 2.45) is 5.73 Å². The number of nitrogens with two attached hydrogens (primary N) is 1. The van der Waals surface area contributed by atoms with Crippen molar-refractivity contribution in [3.63, 3.8) is 0 Å². The van der Waals surface area contributed by atoms with Crippen LogP contribution in [0.2, 0.25) is 0 Å². The van der Waals surface area contributed by atoms with Crippen molar-refractivity contribution in [3.8, 4) is 0 Å². The number of primary amides is 1. The Hall–Kier alpha value is -3.07. The van der Waals surface area contributed by atoms with E-state index in [0.29, 0.717) is 4.90 Å². The molecule has 0 aliphatic rings. The van der Waals surface area contributed by atoms with Crippen LogP contribution in [0.1, 0.15) is 18.9 Å². The van der Waals surface area contributed by atoms with E-state index in [2.05, 4.69) is 10.6 Å². The molecule has 0 fully saturated rings. The standard InChI is InChI=1S/C21H24FN3O4S/c1-14(26)24-19(13-15-7-5-6-10-17(15)22)21(28)25-18(20(23)27)11-12-30(29)16-8-3-2-4-9-16/h2-10,18-19H,11-13H2,1H3,(H2,23,27)(H,24,26)(H,25,28)/t18-,19-,30-/m1/s1. The van der Waals surface area contributed by atoms with Gasteiger partial charge in [0.1, 0.15) is 17.9 Å². The number of amides is 3. The molecule has 0 saturated carbocycles. The lowest BCUT2D eigenvalue weighted by molar-refractivity contribution is -0.130. The van der Waals surface area contributed by atoms with Gasteiger partial charge in [0.25, 0.3) is 0 Å². The van der Waals surface area contributed by atoms with Crippen molar-refractivity contribution in [1.82, 2.24) is 10.6 Å². The van der Waals surface area contributed by atoms with Gasteiger partial charge in [-0.15, -0.1) is 0 Å². The molecule has 3 amide bonds. The number of hydrogen-bond acceptors (Lipinski definition) is 4. The SMILES string of the molecule is CC(=O)N[C@H](Cc1ccccc1F)C(=O)N[C@H](CC[S@@](=O)c1ccccc1)C(N)=O. The largest absolute Gasteiger partial charge is 0.368 e. The zero-order chi connectivity index (χ0) is 22.1. The minimum Gasteiger partial charge on any atom is -0.368 e. The van der Waals surface area contributed by atoms with Crippen LogP contribution in [0.4, 0.5) is 4.39 Å². The molecule has 0 aliphatic carbocycles. The minimum absolute atomic E-state index is 0.0507. The van der Waals surface area contributed by atoms with Gasteiger partial charge < -0.3 is 16.4 Å². The molecule has 0 saturated heterocycles. The summed E-state index contributed by atoms with van der Waals surface area (Å²) < 4.78 is 26.3. The van der Waals surface area contributed by atoms with E-state index in [1.54, 1.807) is 36.4 Å². The zero-order valence-electron chi connectivity index (χ0n) is 16.5. The number of benzene rings is 2. The second-order valence-corrected chi connectivity index (χ2v) is 8.23. The van der Waals surface area contributed by atoms with Gasteiger partial charge in [-0.1, -0.05) is 36.4 Å². The highest BCUT2D eigenvalue weighted by molar-refractivity contribution is 7.85. The van der Waals surface area contributed by atoms with Crippen LogP contribution in [0.25, 0.3) is 0 Å². The number of rotatable bonds is 10. The lowest BCUT2D eigenvalue weighted by atomic mass is 10.0. The average Bonchev–Trinajstić information content (AvgIpc) is 2.71. The van der Waals surface area contributed by atoms with E-state index in [4.69, 9.17) is 5.73 Å². The maximum Gasteiger partial charge on any atom is 0.243 e. The summed E-state index contributed by atoms with van der Waals surface area (Å²) in [4.78, 5) is 36.6. The van der Waals surface area contributed by atoms with Crippen LogP contribution in [0.5, 0.6) is 0 Å². The summed E-state index contributed by atoms with van der Waals surface area (Å²) in [5.74, 6) is -2.35. The molecule has 2 rings (SSSR count). The van der Waals surface area contributed by atoms with Crippen LogP contribution in [-0.4, -0.2) is 39.8 Å².